The molecule has 0 saturated carbocycles. The number of unbranched alkanes of at least 4 members (excludes halogenated alkanes) is 1. The summed E-state index contributed by atoms with van der Waals surface area (Å²) < 4.78 is 5.24. The second-order valence-corrected chi connectivity index (χ2v) is 3.12. The molecule has 0 spiro atoms. The summed E-state index contributed by atoms with van der Waals surface area (Å²) in [5.41, 5.74) is 0. The van der Waals surface area contributed by atoms with E-state index in [-0.39, 0.29) is 12.6 Å². The van der Waals surface area contributed by atoms with Crippen LogP contribution in [-0.4, -0.2) is 18.3 Å². The van der Waals surface area contributed by atoms with Gasteiger partial charge in [0, 0.05) is 6.61 Å². The molecule has 3 heteroatoms. The van der Waals surface area contributed by atoms with Crippen molar-refractivity contribution in [3.05, 3.63) is 24.2 Å². The van der Waals surface area contributed by atoms with Gasteiger partial charge in [-0.2, -0.15) is 0 Å². The standard InChI is InChI=1S/C10H17NO2/c1-9(10-5-4-8-13-10)11-6-2-3-7-12/h4-5,8-9,11-12H,2-3,6-7H2,1H3. The van der Waals surface area contributed by atoms with Crippen molar-refractivity contribution in [1.82, 2.24) is 5.32 Å². The molecule has 1 unspecified atom stereocenters. The molecule has 0 fully saturated rings. The third kappa shape index (κ3) is 3.61. The minimum atomic E-state index is 0.258. The maximum absolute atomic E-state index is 8.57. The van der Waals surface area contributed by atoms with E-state index in [0.717, 1.165) is 25.1 Å². The average Bonchev–Trinajstić information content (AvgIpc) is 2.65. The van der Waals surface area contributed by atoms with Crippen LogP contribution in [-0.2, 0) is 0 Å². The molecule has 1 heterocycles. The molecule has 1 aromatic heterocycles. The molecule has 0 amide bonds. The molecule has 74 valence electrons. The second kappa shape index (κ2) is 5.78. The van der Waals surface area contributed by atoms with Crippen molar-refractivity contribution in [2.45, 2.75) is 25.8 Å². The van der Waals surface area contributed by atoms with Gasteiger partial charge in [-0.25, -0.2) is 0 Å². The van der Waals surface area contributed by atoms with Crippen LogP contribution >= 0.6 is 0 Å². The molecule has 13 heavy (non-hydrogen) atoms. The minimum Gasteiger partial charge on any atom is -0.468 e. The highest BCUT2D eigenvalue weighted by molar-refractivity contribution is 5.02. The van der Waals surface area contributed by atoms with Gasteiger partial charge in [0.25, 0.3) is 0 Å². The van der Waals surface area contributed by atoms with Crippen molar-refractivity contribution in [2.24, 2.45) is 0 Å². The first-order valence-corrected chi connectivity index (χ1v) is 4.72. The van der Waals surface area contributed by atoms with Crippen molar-refractivity contribution in [3.63, 3.8) is 0 Å². The molecular weight excluding hydrogens is 166 g/mol. The Morgan fingerprint density at radius 2 is 2.38 bits per heavy atom. The number of aliphatic hydroxyl groups excluding tert-OH is 1. The third-order valence-electron chi connectivity index (χ3n) is 2.01. The molecule has 1 aromatic rings. The van der Waals surface area contributed by atoms with Crippen LogP contribution in [0.1, 0.15) is 31.6 Å². The van der Waals surface area contributed by atoms with Crippen molar-refractivity contribution in [3.8, 4) is 0 Å². The molecule has 1 rings (SSSR count). The number of nitrogens with one attached hydrogen (secondary N) is 1. The number of aliphatic hydroxyl groups is 1. The largest absolute Gasteiger partial charge is 0.468 e. The zero-order valence-electron chi connectivity index (χ0n) is 7.99. The van der Waals surface area contributed by atoms with Crippen molar-refractivity contribution in [1.29, 1.82) is 0 Å². The van der Waals surface area contributed by atoms with Gasteiger partial charge in [-0.1, -0.05) is 0 Å². The fraction of sp³-hybridized carbons (Fsp3) is 0.600. The predicted octanol–water partition coefficient (Wildman–Crippen LogP) is 1.70. The predicted molar refractivity (Wildman–Crippen MR) is 51.4 cm³/mol. The lowest BCUT2D eigenvalue weighted by Gasteiger charge is -2.10. The number of hydrogen-bond donors (Lipinski definition) is 2. The number of rotatable bonds is 6. The van der Waals surface area contributed by atoms with Crippen LogP contribution in [0.5, 0.6) is 0 Å². The molecule has 1 atom stereocenters. The molecule has 0 aliphatic carbocycles. The Bertz CT molecular complexity index is 209. The van der Waals surface area contributed by atoms with Gasteiger partial charge in [0.2, 0.25) is 0 Å². The molecule has 2 N–H and O–H groups in total. The van der Waals surface area contributed by atoms with Gasteiger partial charge in [0.15, 0.2) is 0 Å². The SMILES string of the molecule is CC(NCCCCO)c1ccco1. The van der Waals surface area contributed by atoms with Crippen LogP contribution in [0.15, 0.2) is 22.8 Å². The Morgan fingerprint density at radius 1 is 1.54 bits per heavy atom. The summed E-state index contributed by atoms with van der Waals surface area (Å²) in [7, 11) is 0. The van der Waals surface area contributed by atoms with Crippen LogP contribution in [0.3, 0.4) is 0 Å². The Balaban J connectivity index is 2.15. The van der Waals surface area contributed by atoms with Crippen molar-refractivity contribution in [2.75, 3.05) is 13.2 Å². The molecule has 3 nitrogen and oxygen atoms in total. The van der Waals surface area contributed by atoms with E-state index in [1.165, 1.54) is 0 Å². The van der Waals surface area contributed by atoms with Gasteiger partial charge >= 0.3 is 0 Å². The first-order valence-electron chi connectivity index (χ1n) is 4.72. The normalized spacial score (nSPS) is 13.1. The average molecular weight is 183 g/mol. The smallest absolute Gasteiger partial charge is 0.120 e. The Labute approximate surface area is 78.8 Å². The molecule has 0 aliphatic rings. The van der Waals surface area contributed by atoms with Crippen LogP contribution in [0.25, 0.3) is 0 Å². The fourth-order valence-electron chi connectivity index (χ4n) is 1.19. The summed E-state index contributed by atoms with van der Waals surface area (Å²) in [6.07, 6.45) is 3.54. The van der Waals surface area contributed by atoms with Gasteiger partial charge in [0.1, 0.15) is 5.76 Å². The zero-order valence-corrected chi connectivity index (χ0v) is 7.99. The van der Waals surface area contributed by atoms with E-state index >= 15 is 0 Å². The number of furan rings is 1. The van der Waals surface area contributed by atoms with Crippen LogP contribution in [0.2, 0.25) is 0 Å². The maximum Gasteiger partial charge on any atom is 0.120 e. The lowest BCUT2D eigenvalue weighted by molar-refractivity contribution is 0.282. The Kier molecular flexibility index (Phi) is 4.57. The van der Waals surface area contributed by atoms with Gasteiger partial charge in [-0.15, -0.1) is 0 Å². The zero-order chi connectivity index (χ0) is 9.52. The van der Waals surface area contributed by atoms with Gasteiger partial charge in [0.05, 0.1) is 12.3 Å². The van der Waals surface area contributed by atoms with Gasteiger partial charge < -0.3 is 14.8 Å². The number of hydrogen-bond acceptors (Lipinski definition) is 3. The second-order valence-electron chi connectivity index (χ2n) is 3.12. The molecule has 0 saturated heterocycles. The molecule has 0 bridgehead atoms. The van der Waals surface area contributed by atoms with E-state index in [0.29, 0.717) is 0 Å². The third-order valence-corrected chi connectivity index (χ3v) is 2.01. The van der Waals surface area contributed by atoms with Crippen LogP contribution in [0.4, 0.5) is 0 Å². The topological polar surface area (TPSA) is 45.4 Å². The van der Waals surface area contributed by atoms with E-state index in [9.17, 15) is 0 Å². The van der Waals surface area contributed by atoms with Gasteiger partial charge in [-0.05, 0) is 38.4 Å². The first kappa shape index (κ1) is 10.3. The highest BCUT2D eigenvalue weighted by Crippen LogP contribution is 2.11. The van der Waals surface area contributed by atoms with E-state index in [1.54, 1.807) is 6.26 Å². The summed E-state index contributed by atoms with van der Waals surface area (Å²) >= 11 is 0. The van der Waals surface area contributed by atoms with E-state index in [2.05, 4.69) is 12.2 Å². The summed E-state index contributed by atoms with van der Waals surface area (Å²) in [5, 5.41) is 11.9. The maximum atomic E-state index is 8.57. The summed E-state index contributed by atoms with van der Waals surface area (Å²) in [6.45, 7) is 3.26. The van der Waals surface area contributed by atoms with Crippen molar-refractivity contribution < 1.29 is 9.52 Å². The van der Waals surface area contributed by atoms with E-state index < -0.39 is 0 Å². The summed E-state index contributed by atoms with van der Waals surface area (Å²) in [4.78, 5) is 0. The monoisotopic (exact) mass is 183 g/mol. The van der Waals surface area contributed by atoms with Gasteiger partial charge in [-0.3, -0.25) is 0 Å². The molecule has 0 radical (unpaired) electrons. The molecule has 0 aromatic carbocycles. The lowest BCUT2D eigenvalue weighted by Crippen LogP contribution is -2.19. The minimum absolute atomic E-state index is 0.258. The highest BCUT2D eigenvalue weighted by Gasteiger charge is 2.05. The van der Waals surface area contributed by atoms with E-state index in [1.807, 2.05) is 12.1 Å². The lowest BCUT2D eigenvalue weighted by atomic mass is 10.2. The van der Waals surface area contributed by atoms with Crippen LogP contribution < -0.4 is 5.32 Å². The summed E-state index contributed by atoms with van der Waals surface area (Å²) in [6, 6.07) is 4.11. The first-order chi connectivity index (χ1) is 6.34. The molecular formula is C10H17NO2. The van der Waals surface area contributed by atoms with Crippen molar-refractivity contribution >= 4 is 0 Å². The highest BCUT2D eigenvalue weighted by atomic mass is 16.3. The Morgan fingerprint density at radius 3 is 3.00 bits per heavy atom. The van der Waals surface area contributed by atoms with E-state index in [4.69, 9.17) is 9.52 Å². The van der Waals surface area contributed by atoms with Crippen LogP contribution in [0, 0.1) is 0 Å². The fourth-order valence-corrected chi connectivity index (χ4v) is 1.19. The molecule has 0 aliphatic heterocycles. The quantitative estimate of drug-likeness (QED) is 0.660. The Hall–Kier alpha value is -0.800. The summed E-state index contributed by atoms with van der Waals surface area (Å²) in [5.74, 6) is 0.962.